The van der Waals surface area contributed by atoms with E-state index in [9.17, 15) is 19.6 Å². The van der Waals surface area contributed by atoms with Crippen LogP contribution in [0.2, 0.25) is 0 Å². The molecule has 25 heavy (non-hydrogen) atoms. The second kappa shape index (κ2) is 9.42. The van der Waals surface area contributed by atoms with Gasteiger partial charge in [-0.1, -0.05) is 0 Å². The zero-order chi connectivity index (χ0) is 19.0. The zero-order valence-corrected chi connectivity index (χ0v) is 14.4. The van der Waals surface area contributed by atoms with Gasteiger partial charge in [0.05, 0.1) is 37.2 Å². The summed E-state index contributed by atoms with van der Waals surface area (Å²) in [6.07, 6.45) is -0.167. The van der Waals surface area contributed by atoms with E-state index in [1.54, 1.807) is 26.8 Å². The fraction of sp³-hybridized carbons (Fsp3) is 0.562. The summed E-state index contributed by atoms with van der Waals surface area (Å²) in [5.74, 6) is -4.97. The van der Waals surface area contributed by atoms with E-state index >= 15 is 0 Å². The van der Waals surface area contributed by atoms with Crippen molar-refractivity contribution in [3.8, 4) is 6.07 Å². The van der Waals surface area contributed by atoms with E-state index in [4.69, 9.17) is 19.9 Å². The van der Waals surface area contributed by atoms with E-state index in [2.05, 4.69) is 4.99 Å². The van der Waals surface area contributed by atoms with Gasteiger partial charge >= 0.3 is 17.9 Å². The Morgan fingerprint density at radius 2 is 1.80 bits per heavy atom. The Morgan fingerprint density at radius 1 is 1.20 bits per heavy atom. The monoisotopic (exact) mass is 351 g/mol. The first-order valence-corrected chi connectivity index (χ1v) is 7.88. The first-order valence-electron chi connectivity index (χ1n) is 7.88. The van der Waals surface area contributed by atoms with Crippen molar-refractivity contribution in [3.05, 3.63) is 11.4 Å². The van der Waals surface area contributed by atoms with Crippen LogP contribution in [-0.4, -0.2) is 43.4 Å². The van der Waals surface area contributed by atoms with Crippen molar-refractivity contribution >= 4 is 23.6 Å². The number of hydrogen-bond acceptors (Lipinski definition) is 9. The van der Waals surface area contributed by atoms with Crippen molar-refractivity contribution in [2.45, 2.75) is 27.2 Å². The van der Waals surface area contributed by atoms with Gasteiger partial charge < -0.3 is 19.9 Å². The molecule has 0 aromatic rings. The van der Waals surface area contributed by atoms with Gasteiger partial charge in [0.25, 0.3) is 0 Å². The lowest BCUT2D eigenvalue weighted by Crippen LogP contribution is -2.39. The summed E-state index contributed by atoms with van der Waals surface area (Å²) in [5, 5.41) is 9.32. The molecular formula is C16H21N3O6. The highest BCUT2D eigenvalue weighted by Gasteiger charge is 2.41. The summed E-state index contributed by atoms with van der Waals surface area (Å²) in [5.41, 5.74) is 5.69. The number of nitrogens with two attached hydrogens (primary N) is 1. The van der Waals surface area contributed by atoms with Crippen molar-refractivity contribution in [2.75, 3.05) is 19.8 Å². The molecule has 1 heterocycles. The minimum Gasteiger partial charge on any atom is -0.465 e. The van der Waals surface area contributed by atoms with Crippen molar-refractivity contribution in [1.82, 2.24) is 0 Å². The van der Waals surface area contributed by atoms with Crippen LogP contribution in [0.5, 0.6) is 0 Å². The number of ether oxygens (including phenoxy) is 3. The third kappa shape index (κ3) is 4.79. The Kier molecular flexibility index (Phi) is 7.59. The molecule has 0 fully saturated rings. The third-order valence-corrected chi connectivity index (χ3v) is 3.36. The molecule has 2 atom stereocenters. The quantitative estimate of drug-likeness (QED) is 0.514. The normalized spacial score (nSPS) is 17.8. The molecule has 0 aliphatic carbocycles. The van der Waals surface area contributed by atoms with E-state index < -0.39 is 29.7 Å². The second-order valence-corrected chi connectivity index (χ2v) is 4.94. The van der Waals surface area contributed by atoms with Gasteiger partial charge in [-0.25, -0.2) is 9.79 Å². The number of rotatable bonds is 7. The van der Waals surface area contributed by atoms with Gasteiger partial charge in [-0.3, -0.25) is 9.59 Å². The maximum atomic E-state index is 12.3. The van der Waals surface area contributed by atoms with Crippen molar-refractivity contribution in [1.29, 1.82) is 5.26 Å². The molecule has 2 N–H and O–H groups in total. The summed E-state index contributed by atoms with van der Waals surface area (Å²) in [6, 6.07) is 1.77. The van der Waals surface area contributed by atoms with Crippen LogP contribution in [-0.2, 0) is 28.6 Å². The van der Waals surface area contributed by atoms with Gasteiger partial charge in [-0.15, -0.1) is 0 Å². The van der Waals surface area contributed by atoms with Crippen LogP contribution in [0.4, 0.5) is 0 Å². The third-order valence-electron chi connectivity index (χ3n) is 3.36. The number of esters is 3. The van der Waals surface area contributed by atoms with Gasteiger partial charge in [-0.2, -0.15) is 5.26 Å². The van der Waals surface area contributed by atoms with E-state index in [1.165, 1.54) is 0 Å². The molecule has 1 aliphatic heterocycles. The molecule has 0 radical (unpaired) electrons. The molecule has 9 heteroatoms. The molecule has 9 nitrogen and oxygen atoms in total. The maximum Gasteiger partial charge on any atom is 0.337 e. The summed E-state index contributed by atoms with van der Waals surface area (Å²) in [4.78, 5) is 40.2. The fourth-order valence-electron chi connectivity index (χ4n) is 2.28. The largest absolute Gasteiger partial charge is 0.465 e. The average Bonchev–Trinajstić information content (AvgIpc) is 2.56. The Bertz CT molecular complexity index is 647. The molecule has 0 aromatic carbocycles. The predicted molar refractivity (Wildman–Crippen MR) is 85.8 cm³/mol. The lowest BCUT2D eigenvalue weighted by molar-refractivity contribution is -0.146. The van der Waals surface area contributed by atoms with Gasteiger partial charge in [-0.05, 0) is 20.8 Å². The van der Waals surface area contributed by atoms with Crippen molar-refractivity contribution in [3.63, 3.8) is 0 Å². The number of nitrogens with zero attached hydrogens (tertiary/aromatic N) is 2. The highest BCUT2D eigenvalue weighted by molar-refractivity contribution is 6.14. The van der Waals surface area contributed by atoms with Gasteiger partial charge in [0, 0.05) is 6.42 Å². The van der Waals surface area contributed by atoms with Crippen LogP contribution in [0.3, 0.4) is 0 Å². The highest BCUT2D eigenvalue weighted by atomic mass is 16.5. The Morgan fingerprint density at radius 3 is 2.32 bits per heavy atom. The molecule has 1 aliphatic rings. The first-order chi connectivity index (χ1) is 11.9. The zero-order valence-electron chi connectivity index (χ0n) is 14.4. The molecule has 0 spiro atoms. The molecule has 0 amide bonds. The van der Waals surface area contributed by atoms with Crippen molar-refractivity contribution < 1.29 is 28.6 Å². The van der Waals surface area contributed by atoms with Crippen LogP contribution in [0, 0.1) is 23.2 Å². The molecule has 0 unspecified atom stereocenters. The maximum absolute atomic E-state index is 12.3. The molecule has 0 saturated heterocycles. The number of aliphatic imine (C=N–C) groups is 1. The molecule has 1 rings (SSSR count). The van der Waals surface area contributed by atoms with E-state index in [0.29, 0.717) is 0 Å². The van der Waals surface area contributed by atoms with Crippen LogP contribution < -0.4 is 5.73 Å². The van der Waals surface area contributed by atoms with Crippen molar-refractivity contribution in [2.24, 2.45) is 22.6 Å². The Balaban J connectivity index is 3.33. The summed E-state index contributed by atoms with van der Waals surface area (Å²) in [7, 11) is 0. The minimum atomic E-state index is -1.42. The van der Waals surface area contributed by atoms with Crippen LogP contribution >= 0.6 is 0 Å². The summed E-state index contributed by atoms with van der Waals surface area (Å²) < 4.78 is 14.7. The SMILES string of the molecule is CCOC(=O)C1=C(N)N=C([C@@H](C#N)C(=O)OCC)[C@@H](C(=O)OCC)C1. The Hall–Kier alpha value is -2.89. The standard InChI is InChI=1S/C16H21N3O6/c1-4-23-14(20)9-7-10(15(21)24-5-2)13(18)19-12(9)11(8-17)16(22)25-6-3/h9,11H,4-7,18H2,1-3H3/t9-,11+/m0/s1. The van der Waals surface area contributed by atoms with E-state index in [1.807, 2.05) is 0 Å². The van der Waals surface area contributed by atoms with Crippen LogP contribution in [0.25, 0.3) is 0 Å². The minimum absolute atomic E-state index is 0.00389. The smallest absolute Gasteiger partial charge is 0.337 e. The molecule has 0 aromatic heterocycles. The lowest BCUT2D eigenvalue weighted by Gasteiger charge is -2.25. The first kappa shape index (κ1) is 20.2. The topological polar surface area (TPSA) is 141 Å². The van der Waals surface area contributed by atoms with Gasteiger partial charge in [0.15, 0.2) is 5.92 Å². The van der Waals surface area contributed by atoms with Gasteiger partial charge in [0.2, 0.25) is 0 Å². The highest BCUT2D eigenvalue weighted by Crippen LogP contribution is 2.28. The number of carbonyl (C=O) groups is 3. The van der Waals surface area contributed by atoms with Crippen LogP contribution in [0.15, 0.2) is 16.4 Å². The number of nitriles is 1. The number of carbonyl (C=O) groups excluding carboxylic acids is 3. The number of hydrogen-bond donors (Lipinski definition) is 1. The molecule has 0 bridgehead atoms. The summed E-state index contributed by atoms with van der Waals surface area (Å²) in [6.45, 7) is 5.11. The van der Waals surface area contributed by atoms with E-state index in [0.717, 1.165) is 0 Å². The van der Waals surface area contributed by atoms with Crippen LogP contribution in [0.1, 0.15) is 27.2 Å². The summed E-state index contributed by atoms with van der Waals surface area (Å²) >= 11 is 0. The van der Waals surface area contributed by atoms with Gasteiger partial charge in [0.1, 0.15) is 11.7 Å². The Labute approximate surface area is 145 Å². The molecular weight excluding hydrogens is 330 g/mol. The lowest BCUT2D eigenvalue weighted by atomic mass is 9.85. The van der Waals surface area contributed by atoms with E-state index in [-0.39, 0.29) is 43.3 Å². The second-order valence-electron chi connectivity index (χ2n) is 4.94. The molecule has 0 saturated carbocycles. The average molecular weight is 351 g/mol. The molecule has 136 valence electrons. The fourth-order valence-corrected chi connectivity index (χ4v) is 2.28. The predicted octanol–water partition coefficient (Wildman–Crippen LogP) is 0.447.